The summed E-state index contributed by atoms with van der Waals surface area (Å²) in [6, 6.07) is 5.76. The van der Waals surface area contributed by atoms with E-state index in [-0.39, 0.29) is 36.2 Å². The van der Waals surface area contributed by atoms with Crippen molar-refractivity contribution in [2.24, 2.45) is 0 Å². The molecule has 25 heavy (non-hydrogen) atoms. The first-order valence-corrected chi connectivity index (χ1v) is 7.37. The first-order valence-electron chi connectivity index (χ1n) is 7.37. The lowest BCUT2D eigenvalue weighted by Gasteiger charge is -2.26. The number of aromatic nitrogens is 2. The number of carbonyl (C=O) groups excluding carboxylic acids is 2. The van der Waals surface area contributed by atoms with Crippen LogP contribution in [0.15, 0.2) is 28.8 Å². The molecule has 7 nitrogen and oxygen atoms in total. The first kappa shape index (κ1) is 17.1. The minimum Gasteiger partial charge on any atom is -0.333 e. The van der Waals surface area contributed by atoms with Crippen LogP contribution in [0.25, 0.3) is 11.4 Å². The number of benzene rings is 1. The van der Waals surface area contributed by atoms with Crippen molar-refractivity contribution < 1.29 is 27.3 Å². The second-order valence-corrected chi connectivity index (χ2v) is 5.41. The molecule has 1 amide bonds. The van der Waals surface area contributed by atoms with Crippen LogP contribution >= 0.6 is 0 Å². The fraction of sp³-hybridized carbons (Fsp3) is 0.333. The number of nitrogens with zero attached hydrogens (tertiary/aromatic N) is 3. The summed E-state index contributed by atoms with van der Waals surface area (Å²) in [5, 5.41) is 6.19. The van der Waals surface area contributed by atoms with Crippen LogP contribution in [0.5, 0.6) is 0 Å². The Balaban J connectivity index is 1.70. The van der Waals surface area contributed by atoms with Crippen molar-refractivity contribution in [3.05, 3.63) is 35.7 Å². The smallest absolute Gasteiger partial charge is 0.333 e. The van der Waals surface area contributed by atoms with Gasteiger partial charge in [0.25, 0.3) is 0 Å². The van der Waals surface area contributed by atoms with E-state index in [1.807, 2.05) is 0 Å². The third-order valence-electron chi connectivity index (χ3n) is 3.66. The second-order valence-electron chi connectivity index (χ2n) is 5.41. The zero-order chi connectivity index (χ0) is 18.0. The molecule has 1 aromatic heterocycles. The number of carbonyl (C=O) groups is 2. The first-order chi connectivity index (χ1) is 11.8. The number of piperazine rings is 1. The third-order valence-corrected chi connectivity index (χ3v) is 3.66. The molecule has 1 aliphatic rings. The van der Waals surface area contributed by atoms with Crippen LogP contribution in [0.4, 0.5) is 13.2 Å². The van der Waals surface area contributed by atoms with Crippen LogP contribution in [-0.2, 0) is 11.0 Å². The molecule has 132 valence electrons. The SMILES string of the molecule is O=C(CN1CCNCC1=O)c1ccc(-c2noc(C(F)(F)F)n2)cc1. The topological polar surface area (TPSA) is 88.3 Å². The summed E-state index contributed by atoms with van der Waals surface area (Å²) < 4.78 is 41.6. The van der Waals surface area contributed by atoms with Gasteiger partial charge in [-0.15, -0.1) is 0 Å². The Morgan fingerprint density at radius 3 is 2.60 bits per heavy atom. The van der Waals surface area contributed by atoms with E-state index in [9.17, 15) is 22.8 Å². The summed E-state index contributed by atoms with van der Waals surface area (Å²) in [7, 11) is 0. The van der Waals surface area contributed by atoms with E-state index in [1.54, 1.807) is 0 Å². The van der Waals surface area contributed by atoms with Gasteiger partial charge in [-0.2, -0.15) is 18.2 Å². The van der Waals surface area contributed by atoms with Gasteiger partial charge in [0.2, 0.25) is 11.7 Å². The molecule has 0 radical (unpaired) electrons. The van der Waals surface area contributed by atoms with Crippen LogP contribution in [0.3, 0.4) is 0 Å². The third kappa shape index (κ3) is 3.85. The molecule has 2 aromatic rings. The normalized spacial score (nSPS) is 15.5. The fourth-order valence-corrected chi connectivity index (χ4v) is 2.34. The molecule has 3 rings (SSSR count). The van der Waals surface area contributed by atoms with Crippen LogP contribution in [0.1, 0.15) is 16.2 Å². The lowest BCUT2D eigenvalue weighted by Crippen LogP contribution is -2.49. The second kappa shape index (κ2) is 6.63. The molecule has 0 unspecified atom stereocenters. The van der Waals surface area contributed by atoms with E-state index < -0.39 is 12.1 Å². The Labute approximate surface area is 139 Å². The summed E-state index contributed by atoms with van der Waals surface area (Å²) in [6.07, 6.45) is -4.71. The molecule has 0 bridgehead atoms. The van der Waals surface area contributed by atoms with Gasteiger partial charge in [-0.05, 0) is 0 Å². The maximum Gasteiger partial charge on any atom is 0.471 e. The van der Waals surface area contributed by atoms with Crippen LogP contribution in [0, 0.1) is 0 Å². The van der Waals surface area contributed by atoms with E-state index in [0.29, 0.717) is 18.7 Å². The predicted molar refractivity (Wildman–Crippen MR) is 78.5 cm³/mol. The Morgan fingerprint density at radius 2 is 2.00 bits per heavy atom. The molecule has 1 saturated heterocycles. The Morgan fingerprint density at radius 1 is 1.28 bits per heavy atom. The van der Waals surface area contributed by atoms with Gasteiger partial charge in [0, 0.05) is 24.2 Å². The average molecular weight is 354 g/mol. The molecule has 0 spiro atoms. The maximum absolute atomic E-state index is 12.5. The number of rotatable bonds is 4. The highest BCUT2D eigenvalue weighted by atomic mass is 19.4. The van der Waals surface area contributed by atoms with E-state index >= 15 is 0 Å². The molecule has 0 atom stereocenters. The molecule has 0 saturated carbocycles. The van der Waals surface area contributed by atoms with Crippen molar-refractivity contribution in [2.75, 3.05) is 26.2 Å². The number of halogens is 3. The average Bonchev–Trinajstić information content (AvgIpc) is 3.07. The molecule has 10 heteroatoms. The van der Waals surface area contributed by atoms with Crippen molar-refractivity contribution in [3.63, 3.8) is 0 Å². The van der Waals surface area contributed by atoms with Gasteiger partial charge in [-0.25, -0.2) is 0 Å². The summed E-state index contributed by atoms with van der Waals surface area (Å²) in [4.78, 5) is 28.6. The van der Waals surface area contributed by atoms with Gasteiger partial charge in [-0.3, -0.25) is 9.59 Å². The monoisotopic (exact) mass is 354 g/mol. The predicted octanol–water partition coefficient (Wildman–Crippen LogP) is 1.37. The number of alkyl halides is 3. The summed E-state index contributed by atoms with van der Waals surface area (Å²) >= 11 is 0. The minimum absolute atomic E-state index is 0.0414. The molecule has 1 aliphatic heterocycles. The minimum atomic E-state index is -4.71. The molecule has 1 N–H and O–H groups in total. The van der Waals surface area contributed by atoms with Crippen molar-refractivity contribution in [1.82, 2.24) is 20.4 Å². The van der Waals surface area contributed by atoms with E-state index in [0.717, 1.165) is 0 Å². The van der Waals surface area contributed by atoms with Crippen LogP contribution in [-0.4, -0.2) is 52.9 Å². The molecule has 0 aliphatic carbocycles. The number of ketones is 1. The van der Waals surface area contributed by atoms with Crippen LogP contribution in [0.2, 0.25) is 0 Å². The van der Waals surface area contributed by atoms with Gasteiger partial charge in [0.15, 0.2) is 5.78 Å². The highest BCUT2D eigenvalue weighted by Crippen LogP contribution is 2.29. The zero-order valence-corrected chi connectivity index (χ0v) is 12.8. The lowest BCUT2D eigenvalue weighted by atomic mass is 10.1. The van der Waals surface area contributed by atoms with Gasteiger partial charge >= 0.3 is 12.1 Å². The zero-order valence-electron chi connectivity index (χ0n) is 12.8. The molecular weight excluding hydrogens is 341 g/mol. The lowest BCUT2D eigenvalue weighted by molar-refractivity contribution is -0.159. The summed E-state index contributed by atoms with van der Waals surface area (Å²) in [5.74, 6) is -2.06. The number of nitrogens with one attached hydrogen (secondary N) is 1. The van der Waals surface area contributed by atoms with E-state index in [4.69, 9.17) is 0 Å². The van der Waals surface area contributed by atoms with Crippen molar-refractivity contribution >= 4 is 11.7 Å². The summed E-state index contributed by atoms with van der Waals surface area (Å²) in [6.45, 7) is 1.23. The molecular formula is C15H13F3N4O3. The largest absolute Gasteiger partial charge is 0.471 e. The van der Waals surface area contributed by atoms with Crippen molar-refractivity contribution in [3.8, 4) is 11.4 Å². The Bertz CT molecular complexity index is 786. The van der Waals surface area contributed by atoms with Crippen LogP contribution < -0.4 is 5.32 Å². The van der Waals surface area contributed by atoms with Gasteiger partial charge in [0.1, 0.15) is 0 Å². The van der Waals surface area contributed by atoms with Gasteiger partial charge in [-0.1, -0.05) is 29.4 Å². The summed E-state index contributed by atoms with van der Waals surface area (Å²) in [5.41, 5.74) is 0.628. The van der Waals surface area contributed by atoms with Gasteiger partial charge in [0.05, 0.1) is 13.1 Å². The number of hydrogen-bond acceptors (Lipinski definition) is 6. The molecule has 2 heterocycles. The highest BCUT2D eigenvalue weighted by Gasteiger charge is 2.38. The standard InChI is InChI=1S/C15H13F3N4O3/c16-15(17,18)14-20-13(21-25-14)10-3-1-9(2-4-10)11(23)8-22-6-5-19-7-12(22)24/h1-4,19H,5-8H2. The highest BCUT2D eigenvalue weighted by molar-refractivity contribution is 5.99. The van der Waals surface area contributed by atoms with Gasteiger partial charge < -0.3 is 14.7 Å². The molecule has 1 fully saturated rings. The number of amides is 1. The van der Waals surface area contributed by atoms with Crippen molar-refractivity contribution in [2.45, 2.75) is 6.18 Å². The maximum atomic E-state index is 12.5. The van der Waals surface area contributed by atoms with E-state index in [2.05, 4.69) is 20.0 Å². The Kier molecular flexibility index (Phi) is 4.53. The Hall–Kier alpha value is -2.75. The fourth-order valence-electron chi connectivity index (χ4n) is 2.34. The number of Topliss-reactive ketones (excluding diaryl/α,β-unsaturated/α-hetero) is 1. The van der Waals surface area contributed by atoms with E-state index in [1.165, 1.54) is 29.2 Å². The quantitative estimate of drug-likeness (QED) is 0.835. The molecule has 1 aromatic carbocycles. The number of hydrogen-bond donors (Lipinski definition) is 1. The van der Waals surface area contributed by atoms with Crippen molar-refractivity contribution in [1.29, 1.82) is 0 Å².